The van der Waals surface area contributed by atoms with E-state index in [0.717, 1.165) is 6.42 Å². The van der Waals surface area contributed by atoms with E-state index in [1.54, 1.807) is 0 Å². The summed E-state index contributed by atoms with van der Waals surface area (Å²) in [6, 6.07) is 0. The van der Waals surface area contributed by atoms with Crippen LogP contribution in [0.5, 0.6) is 0 Å². The zero-order valence-electron chi connectivity index (χ0n) is 7.18. The Morgan fingerprint density at radius 2 is 2.00 bits per heavy atom. The number of unbranched alkanes of at least 4 members (excludes halogenated alkanes) is 1. The lowest BCUT2D eigenvalue weighted by molar-refractivity contribution is 0.839. The largest absolute Gasteiger partial charge is 0.162 e. The van der Waals surface area contributed by atoms with Gasteiger partial charge in [-0.05, 0) is 25.5 Å². The fraction of sp³-hybridized carbons (Fsp3) is 1.00. The zero-order chi connectivity index (χ0) is 8.04. The van der Waals surface area contributed by atoms with E-state index in [4.69, 9.17) is 0 Å². The van der Waals surface area contributed by atoms with Gasteiger partial charge in [-0.1, -0.05) is 20.3 Å². The van der Waals surface area contributed by atoms with Gasteiger partial charge in [0.25, 0.3) is 0 Å². The molecule has 0 aliphatic carbocycles. The molecule has 0 aliphatic heterocycles. The molecule has 0 aromatic rings. The van der Waals surface area contributed by atoms with Crippen molar-refractivity contribution in [2.24, 2.45) is 0 Å². The van der Waals surface area contributed by atoms with E-state index in [9.17, 15) is 0 Å². The molecule has 0 aromatic heterocycles. The molecule has 0 saturated heterocycles. The van der Waals surface area contributed by atoms with Crippen LogP contribution in [-0.4, -0.2) is 9.83 Å². The van der Waals surface area contributed by atoms with Crippen molar-refractivity contribution in [3.63, 3.8) is 0 Å². The van der Waals surface area contributed by atoms with Crippen LogP contribution in [0.4, 0.5) is 0 Å². The number of hydrogen-bond donors (Lipinski definition) is 1. The highest BCUT2D eigenvalue weighted by atomic mass is 32.2. The van der Waals surface area contributed by atoms with Crippen LogP contribution in [0.1, 0.15) is 40.0 Å². The van der Waals surface area contributed by atoms with Crippen molar-refractivity contribution in [1.82, 2.24) is 0 Å². The average Bonchev–Trinajstić information content (AvgIpc) is 1.89. The van der Waals surface area contributed by atoms with Gasteiger partial charge in [0.1, 0.15) is 0 Å². The Bertz CT molecular complexity index is 79.3. The van der Waals surface area contributed by atoms with Crippen LogP contribution >= 0.6 is 24.4 Å². The fourth-order valence-electron chi connectivity index (χ4n) is 0.538. The molecule has 1 unspecified atom stereocenters. The van der Waals surface area contributed by atoms with Gasteiger partial charge in [0.15, 0.2) is 0 Å². The second kappa shape index (κ2) is 5.36. The monoisotopic (exact) mass is 178 g/mol. The molecule has 2 heteroatoms. The first-order valence-electron chi connectivity index (χ1n) is 3.98. The summed E-state index contributed by atoms with van der Waals surface area (Å²) in [6.07, 6.45) is 3.76. The first-order chi connectivity index (χ1) is 4.62. The van der Waals surface area contributed by atoms with Crippen LogP contribution in [-0.2, 0) is 0 Å². The van der Waals surface area contributed by atoms with Crippen molar-refractivity contribution in [3.05, 3.63) is 0 Å². The molecule has 0 amide bonds. The van der Waals surface area contributed by atoms with E-state index in [1.165, 1.54) is 18.6 Å². The van der Waals surface area contributed by atoms with Gasteiger partial charge in [0.05, 0.1) is 4.08 Å². The Balaban J connectivity index is 3.28. The summed E-state index contributed by atoms with van der Waals surface area (Å²) in [5, 5.41) is 0. The number of thioether (sulfide) groups is 1. The molecular formula is C8H18S2. The van der Waals surface area contributed by atoms with E-state index in [1.807, 2.05) is 11.8 Å². The molecule has 0 nitrogen and oxygen atoms in total. The minimum absolute atomic E-state index is 0.204. The van der Waals surface area contributed by atoms with Crippen LogP contribution < -0.4 is 0 Å². The molecule has 0 radical (unpaired) electrons. The molecule has 0 aromatic carbocycles. The zero-order valence-corrected chi connectivity index (χ0v) is 8.89. The van der Waals surface area contributed by atoms with Crippen LogP contribution in [0.3, 0.4) is 0 Å². The molecule has 10 heavy (non-hydrogen) atoms. The van der Waals surface area contributed by atoms with Crippen LogP contribution in [0, 0.1) is 0 Å². The molecule has 0 aliphatic rings. The summed E-state index contributed by atoms with van der Waals surface area (Å²) in [7, 11) is 0. The highest BCUT2D eigenvalue weighted by Gasteiger charge is 2.15. The Labute approximate surface area is 74.6 Å². The van der Waals surface area contributed by atoms with Gasteiger partial charge in [0, 0.05) is 0 Å². The third-order valence-electron chi connectivity index (χ3n) is 1.57. The predicted octanol–water partition coefficient (Wildman–Crippen LogP) is 3.58. The second-order valence-electron chi connectivity index (χ2n) is 2.73. The fourth-order valence-corrected chi connectivity index (χ4v) is 1.89. The van der Waals surface area contributed by atoms with E-state index in [0.29, 0.717) is 0 Å². The molecule has 0 N–H and O–H groups in total. The second-order valence-corrected chi connectivity index (χ2v) is 5.62. The van der Waals surface area contributed by atoms with Gasteiger partial charge < -0.3 is 0 Å². The molecule has 0 rings (SSSR count). The number of rotatable bonds is 5. The number of hydrogen-bond acceptors (Lipinski definition) is 2. The molecule has 1 atom stereocenters. The van der Waals surface area contributed by atoms with Crippen molar-refractivity contribution in [1.29, 1.82) is 0 Å². The molecule has 62 valence electrons. The Morgan fingerprint density at radius 1 is 1.40 bits per heavy atom. The smallest absolute Gasteiger partial charge is 0.0550 e. The summed E-state index contributed by atoms with van der Waals surface area (Å²) in [6.45, 7) is 6.60. The Hall–Kier alpha value is 0.700. The molecule has 0 fully saturated rings. The van der Waals surface area contributed by atoms with E-state index >= 15 is 0 Å². The molecule has 0 heterocycles. The molecule has 0 bridgehead atoms. The summed E-state index contributed by atoms with van der Waals surface area (Å²) < 4.78 is 0.204. The van der Waals surface area contributed by atoms with Crippen molar-refractivity contribution in [2.75, 3.05) is 5.75 Å². The molecular weight excluding hydrogens is 160 g/mol. The SMILES string of the molecule is CCCCSC(C)(S)CC. The molecule has 0 saturated carbocycles. The normalized spacial score (nSPS) is 16.8. The van der Waals surface area contributed by atoms with Gasteiger partial charge in [-0.3, -0.25) is 0 Å². The Kier molecular flexibility index (Phi) is 5.74. The van der Waals surface area contributed by atoms with E-state index in [-0.39, 0.29) is 4.08 Å². The maximum Gasteiger partial charge on any atom is 0.0550 e. The van der Waals surface area contributed by atoms with Crippen LogP contribution in [0.15, 0.2) is 0 Å². The maximum absolute atomic E-state index is 4.52. The summed E-state index contributed by atoms with van der Waals surface area (Å²) in [4.78, 5) is 0. The van der Waals surface area contributed by atoms with Gasteiger partial charge >= 0.3 is 0 Å². The minimum Gasteiger partial charge on any atom is -0.162 e. The maximum atomic E-state index is 4.52. The summed E-state index contributed by atoms with van der Waals surface area (Å²) in [5.41, 5.74) is 0. The standard InChI is InChI=1S/C8H18S2/c1-4-6-7-10-8(3,9)5-2/h9H,4-7H2,1-3H3. The van der Waals surface area contributed by atoms with Gasteiger partial charge in [0.2, 0.25) is 0 Å². The number of thiol groups is 1. The lowest BCUT2D eigenvalue weighted by atomic mass is 10.4. The quantitative estimate of drug-likeness (QED) is 0.381. The third kappa shape index (κ3) is 5.48. The van der Waals surface area contributed by atoms with E-state index < -0.39 is 0 Å². The van der Waals surface area contributed by atoms with Gasteiger partial charge in [-0.2, -0.15) is 12.6 Å². The highest BCUT2D eigenvalue weighted by molar-refractivity contribution is 8.11. The highest BCUT2D eigenvalue weighted by Crippen LogP contribution is 2.32. The minimum atomic E-state index is 0.204. The Morgan fingerprint density at radius 3 is 2.40 bits per heavy atom. The lowest BCUT2D eigenvalue weighted by Gasteiger charge is -2.20. The van der Waals surface area contributed by atoms with E-state index in [2.05, 4.69) is 33.4 Å². The first-order valence-corrected chi connectivity index (χ1v) is 5.42. The topological polar surface area (TPSA) is 0 Å². The van der Waals surface area contributed by atoms with Gasteiger partial charge in [-0.25, -0.2) is 0 Å². The van der Waals surface area contributed by atoms with Crippen molar-refractivity contribution < 1.29 is 0 Å². The van der Waals surface area contributed by atoms with Gasteiger partial charge in [-0.15, -0.1) is 11.8 Å². The van der Waals surface area contributed by atoms with Crippen molar-refractivity contribution in [3.8, 4) is 0 Å². The van der Waals surface area contributed by atoms with Crippen LogP contribution in [0.25, 0.3) is 0 Å². The van der Waals surface area contributed by atoms with Crippen molar-refractivity contribution in [2.45, 2.75) is 44.1 Å². The van der Waals surface area contributed by atoms with Crippen molar-refractivity contribution >= 4 is 24.4 Å². The lowest BCUT2D eigenvalue weighted by Crippen LogP contribution is -2.09. The average molecular weight is 178 g/mol. The summed E-state index contributed by atoms with van der Waals surface area (Å²) in [5.74, 6) is 1.25. The molecule has 0 spiro atoms. The predicted molar refractivity (Wildman–Crippen MR) is 55.0 cm³/mol. The van der Waals surface area contributed by atoms with Crippen LogP contribution in [0.2, 0.25) is 0 Å². The third-order valence-corrected chi connectivity index (χ3v) is 3.67. The summed E-state index contributed by atoms with van der Waals surface area (Å²) >= 11 is 6.49. The first kappa shape index (κ1) is 10.7.